The molecule has 1 saturated heterocycles. The normalized spacial score (nSPS) is 31.2. The van der Waals surface area contributed by atoms with Gasteiger partial charge in [0.05, 0.1) is 11.9 Å². The lowest BCUT2D eigenvalue weighted by Gasteiger charge is -2.54. The fourth-order valence-electron chi connectivity index (χ4n) is 3.52. The minimum absolute atomic E-state index is 0.172. The molecule has 0 aromatic carbocycles. The van der Waals surface area contributed by atoms with Crippen LogP contribution in [0.2, 0.25) is 0 Å². The predicted octanol–water partition coefficient (Wildman–Crippen LogP) is 1.22. The molecule has 0 saturated carbocycles. The Morgan fingerprint density at radius 2 is 1.77 bits per heavy atom. The molecule has 4 atom stereocenters. The van der Waals surface area contributed by atoms with Crippen LogP contribution < -0.4 is 4.74 Å². The number of hydrogen-bond acceptors (Lipinski definition) is 10. The quantitative estimate of drug-likeness (QED) is 0.593. The Morgan fingerprint density at radius 3 is 2.23 bits per heavy atom. The molecule has 30 heavy (non-hydrogen) atoms. The molecule has 3 heterocycles. The molecule has 1 fully saturated rings. The number of nitrogens with zero attached hydrogens (tertiary/aromatic N) is 1. The van der Waals surface area contributed by atoms with Crippen LogP contribution in [-0.4, -0.2) is 65.6 Å². The van der Waals surface area contributed by atoms with Gasteiger partial charge in [0.1, 0.15) is 5.75 Å². The largest absolute Gasteiger partial charge is 0.474 e. The van der Waals surface area contributed by atoms with E-state index < -0.39 is 45.3 Å². The van der Waals surface area contributed by atoms with Gasteiger partial charge in [0.25, 0.3) is 0 Å². The summed E-state index contributed by atoms with van der Waals surface area (Å²) in [5.74, 6) is -3.39. The van der Waals surface area contributed by atoms with Crippen LogP contribution >= 0.6 is 23.1 Å². The second kappa shape index (κ2) is 7.86. The molecular weight excluding hydrogens is 430 g/mol. The fourth-order valence-corrected chi connectivity index (χ4v) is 5.73. The molecule has 3 rings (SSSR count). The van der Waals surface area contributed by atoms with Crippen LogP contribution in [0.5, 0.6) is 5.75 Å². The summed E-state index contributed by atoms with van der Waals surface area (Å²) in [5.41, 5.74) is -8.50. The van der Waals surface area contributed by atoms with Gasteiger partial charge < -0.3 is 20.1 Å². The zero-order valence-corrected chi connectivity index (χ0v) is 18.1. The first-order valence-corrected chi connectivity index (χ1v) is 10.9. The van der Waals surface area contributed by atoms with Gasteiger partial charge in [0.2, 0.25) is 5.60 Å². The third-order valence-corrected chi connectivity index (χ3v) is 7.37. The molecule has 2 aromatic heterocycles. The molecular formula is C20H21NO7S2. The van der Waals surface area contributed by atoms with Crippen molar-refractivity contribution in [2.45, 2.75) is 43.0 Å². The van der Waals surface area contributed by atoms with Crippen LogP contribution in [0.1, 0.15) is 20.8 Å². The molecule has 160 valence electrons. The summed E-state index contributed by atoms with van der Waals surface area (Å²) in [5, 5.41) is 37.1. The van der Waals surface area contributed by atoms with Gasteiger partial charge in [0, 0.05) is 16.7 Å². The van der Waals surface area contributed by atoms with Gasteiger partial charge in [-0.05, 0) is 44.4 Å². The first-order chi connectivity index (χ1) is 14.0. The van der Waals surface area contributed by atoms with Gasteiger partial charge in [-0.15, -0.1) is 11.8 Å². The minimum Gasteiger partial charge on any atom is -0.474 e. The highest BCUT2D eigenvalue weighted by molar-refractivity contribution is 8.00. The van der Waals surface area contributed by atoms with Gasteiger partial charge >= 0.3 is 0 Å². The fraction of sp³-hybridized carbons (Fsp3) is 0.400. The minimum atomic E-state index is -3.09. The van der Waals surface area contributed by atoms with Crippen molar-refractivity contribution < 1.29 is 34.4 Å². The Hall–Kier alpha value is -2.11. The standard InChI is InChI=1S/C20H21NO7S2/c1-11(22)18(25)10-30-17(19(26,12(2)23)20(18,27)13(3)24)28-15-4-5-16(21-8-15)14-6-7-29-9-14/h4-9,17,25-27H,10H2,1-3H3/t17-,18-,19-,20-/m0/s1. The van der Waals surface area contributed by atoms with Crippen molar-refractivity contribution in [2.24, 2.45) is 0 Å². The summed E-state index contributed by atoms with van der Waals surface area (Å²) in [4.78, 5) is 41.3. The van der Waals surface area contributed by atoms with Gasteiger partial charge in [-0.25, -0.2) is 0 Å². The van der Waals surface area contributed by atoms with E-state index in [2.05, 4.69) is 4.98 Å². The zero-order chi connectivity index (χ0) is 22.3. The number of ketones is 3. The lowest BCUT2D eigenvalue weighted by atomic mass is 9.65. The highest BCUT2D eigenvalue weighted by atomic mass is 32.2. The van der Waals surface area contributed by atoms with Gasteiger partial charge in [-0.3, -0.25) is 19.4 Å². The van der Waals surface area contributed by atoms with Crippen LogP contribution in [0.3, 0.4) is 0 Å². The van der Waals surface area contributed by atoms with Crippen molar-refractivity contribution in [3.8, 4) is 17.0 Å². The summed E-state index contributed by atoms with van der Waals surface area (Å²) in [7, 11) is 0. The number of carbonyl (C=O) groups is 3. The van der Waals surface area contributed by atoms with Gasteiger partial charge in [0.15, 0.2) is 34.0 Å². The molecule has 0 amide bonds. The molecule has 8 nitrogen and oxygen atoms in total. The maximum absolute atomic E-state index is 12.5. The number of Topliss-reactive ketones (excluding diaryl/α,β-unsaturated/α-hetero) is 3. The molecule has 1 aliphatic rings. The molecule has 0 aliphatic carbocycles. The summed E-state index contributed by atoms with van der Waals surface area (Å²) in [6.45, 7) is 2.82. The van der Waals surface area contributed by atoms with Crippen LogP contribution in [-0.2, 0) is 14.4 Å². The predicted molar refractivity (Wildman–Crippen MR) is 111 cm³/mol. The number of carbonyl (C=O) groups excluding carboxylic acids is 3. The van der Waals surface area contributed by atoms with Crippen molar-refractivity contribution >= 4 is 40.4 Å². The molecule has 0 radical (unpaired) electrons. The number of aliphatic hydroxyl groups is 3. The molecule has 0 spiro atoms. The van der Waals surface area contributed by atoms with Crippen molar-refractivity contribution in [3.63, 3.8) is 0 Å². The average Bonchev–Trinajstić information content (AvgIpc) is 3.23. The number of thioether (sulfide) groups is 1. The van der Waals surface area contributed by atoms with Crippen LogP contribution in [0, 0.1) is 0 Å². The van der Waals surface area contributed by atoms with E-state index in [1.807, 2.05) is 16.8 Å². The Labute approximate surface area is 180 Å². The van der Waals surface area contributed by atoms with E-state index in [4.69, 9.17) is 4.74 Å². The van der Waals surface area contributed by atoms with E-state index in [0.717, 1.165) is 38.1 Å². The number of hydrogen-bond donors (Lipinski definition) is 3. The van der Waals surface area contributed by atoms with E-state index in [-0.39, 0.29) is 5.75 Å². The number of thiophene rings is 1. The first kappa shape index (κ1) is 22.6. The van der Waals surface area contributed by atoms with Crippen molar-refractivity contribution in [2.75, 3.05) is 5.75 Å². The second-order valence-electron chi connectivity index (χ2n) is 7.16. The molecule has 0 unspecified atom stereocenters. The Bertz CT molecular complexity index is 978. The SMILES string of the molecule is CC(=O)[C@]1(O)[C@@](O)(C(C)=O)CS[C@H](Oc2ccc(-c3ccsc3)nc2)[C@@]1(O)C(C)=O. The molecule has 2 aromatic rings. The zero-order valence-electron chi connectivity index (χ0n) is 16.5. The summed E-state index contributed by atoms with van der Waals surface area (Å²) in [6.07, 6.45) is 1.38. The average molecular weight is 452 g/mol. The van der Waals surface area contributed by atoms with Crippen LogP contribution in [0.15, 0.2) is 35.2 Å². The Morgan fingerprint density at radius 1 is 1.07 bits per heavy atom. The lowest BCUT2D eigenvalue weighted by molar-refractivity contribution is -0.236. The Kier molecular flexibility index (Phi) is 5.91. The van der Waals surface area contributed by atoms with E-state index in [1.165, 1.54) is 17.5 Å². The maximum atomic E-state index is 12.5. The third-order valence-electron chi connectivity index (χ3n) is 5.36. The number of aromatic nitrogens is 1. The number of pyridine rings is 1. The van der Waals surface area contributed by atoms with E-state index in [9.17, 15) is 29.7 Å². The number of rotatable bonds is 6. The summed E-state index contributed by atoms with van der Waals surface area (Å²) >= 11 is 2.27. The van der Waals surface area contributed by atoms with E-state index >= 15 is 0 Å². The highest BCUT2D eigenvalue weighted by Crippen LogP contribution is 2.49. The maximum Gasteiger partial charge on any atom is 0.208 e. The van der Waals surface area contributed by atoms with Gasteiger partial charge in [-0.2, -0.15) is 11.3 Å². The van der Waals surface area contributed by atoms with Crippen LogP contribution in [0.25, 0.3) is 11.3 Å². The Balaban J connectivity index is 2.00. The summed E-state index contributed by atoms with van der Waals surface area (Å²) < 4.78 is 5.72. The lowest BCUT2D eigenvalue weighted by Crippen LogP contribution is -2.82. The molecule has 3 N–H and O–H groups in total. The highest BCUT2D eigenvalue weighted by Gasteiger charge is 2.75. The van der Waals surface area contributed by atoms with Crippen molar-refractivity contribution in [1.29, 1.82) is 0 Å². The van der Waals surface area contributed by atoms with E-state index in [1.54, 1.807) is 12.1 Å². The second-order valence-corrected chi connectivity index (χ2v) is 8.99. The smallest absolute Gasteiger partial charge is 0.208 e. The molecule has 0 bridgehead atoms. The number of ether oxygens (including phenoxy) is 1. The van der Waals surface area contributed by atoms with E-state index in [0.29, 0.717) is 5.69 Å². The van der Waals surface area contributed by atoms with Gasteiger partial charge in [-0.1, -0.05) is 0 Å². The third kappa shape index (κ3) is 3.19. The van der Waals surface area contributed by atoms with Crippen molar-refractivity contribution in [1.82, 2.24) is 4.98 Å². The summed E-state index contributed by atoms with van der Waals surface area (Å²) in [6, 6.07) is 5.15. The topological polar surface area (TPSA) is 134 Å². The first-order valence-electron chi connectivity index (χ1n) is 8.95. The molecule has 10 heteroatoms. The van der Waals surface area contributed by atoms with Crippen molar-refractivity contribution in [3.05, 3.63) is 35.2 Å². The van der Waals surface area contributed by atoms with Crippen LogP contribution in [0.4, 0.5) is 0 Å². The molecule has 1 aliphatic heterocycles. The monoisotopic (exact) mass is 451 g/mol.